The maximum Gasteiger partial charge on any atom is 0.434 e. The van der Waals surface area contributed by atoms with Gasteiger partial charge >= 0.3 is 6.18 Å². The lowest BCUT2D eigenvalue weighted by Crippen LogP contribution is -2.38. The number of alkyl halides is 3. The molecule has 0 fully saturated rings. The van der Waals surface area contributed by atoms with Gasteiger partial charge in [0.2, 0.25) is 0 Å². The van der Waals surface area contributed by atoms with Crippen LogP contribution in [0.25, 0.3) is 0 Å². The quantitative estimate of drug-likeness (QED) is 0.228. The third kappa shape index (κ3) is 8.33. The average Bonchev–Trinajstić information content (AvgIpc) is 3.08. The predicted octanol–water partition coefficient (Wildman–Crippen LogP) is 3.83. The Morgan fingerprint density at radius 3 is 2.41 bits per heavy atom. The van der Waals surface area contributed by atoms with Crippen LogP contribution in [0.3, 0.4) is 0 Å². The molecule has 1 heterocycles. The summed E-state index contributed by atoms with van der Waals surface area (Å²) in [4.78, 5) is 7.68. The molecule has 3 N–H and O–H groups in total. The highest BCUT2D eigenvalue weighted by atomic mass is 127. The molecular formula is C17H22F3IN4OS. The number of hydrogen-bond donors (Lipinski definition) is 3. The number of aliphatic imine (C=N–C) groups is 1. The molecule has 0 aliphatic heterocycles. The summed E-state index contributed by atoms with van der Waals surface area (Å²) >= 11 is 1.01. The molecule has 2 rings (SSSR count). The summed E-state index contributed by atoms with van der Waals surface area (Å²) in [5.74, 6) is 0.849. The number of phenols is 1. The van der Waals surface area contributed by atoms with Crippen molar-refractivity contribution in [1.29, 1.82) is 0 Å². The van der Waals surface area contributed by atoms with E-state index in [0.29, 0.717) is 30.5 Å². The van der Waals surface area contributed by atoms with Crippen molar-refractivity contribution in [3.8, 4) is 5.75 Å². The van der Waals surface area contributed by atoms with Crippen LogP contribution in [0.5, 0.6) is 5.75 Å². The predicted molar refractivity (Wildman–Crippen MR) is 112 cm³/mol. The molecule has 0 radical (unpaired) electrons. The van der Waals surface area contributed by atoms with Gasteiger partial charge in [0, 0.05) is 31.9 Å². The van der Waals surface area contributed by atoms with Crippen molar-refractivity contribution in [2.24, 2.45) is 4.99 Å². The minimum Gasteiger partial charge on any atom is -0.508 e. The van der Waals surface area contributed by atoms with Crippen molar-refractivity contribution in [3.05, 3.63) is 45.9 Å². The second-order valence-electron chi connectivity index (χ2n) is 5.57. The Kier molecular flexibility index (Phi) is 9.84. The lowest BCUT2D eigenvalue weighted by atomic mass is 10.1. The summed E-state index contributed by atoms with van der Waals surface area (Å²) in [7, 11) is 1.64. The Labute approximate surface area is 177 Å². The van der Waals surface area contributed by atoms with Crippen LogP contribution in [-0.4, -0.2) is 36.2 Å². The number of aryl methyl sites for hydroxylation is 1. The first kappa shape index (κ1) is 23.5. The number of aromatic nitrogens is 1. The van der Waals surface area contributed by atoms with Crippen LogP contribution in [0.4, 0.5) is 13.2 Å². The van der Waals surface area contributed by atoms with E-state index in [4.69, 9.17) is 0 Å². The van der Waals surface area contributed by atoms with E-state index < -0.39 is 11.9 Å². The average molecular weight is 514 g/mol. The van der Waals surface area contributed by atoms with Gasteiger partial charge in [-0.3, -0.25) is 4.99 Å². The van der Waals surface area contributed by atoms with Gasteiger partial charge in [0.05, 0.1) is 5.01 Å². The maximum absolute atomic E-state index is 12.5. The molecule has 0 unspecified atom stereocenters. The van der Waals surface area contributed by atoms with E-state index in [9.17, 15) is 18.3 Å². The molecule has 0 saturated carbocycles. The highest BCUT2D eigenvalue weighted by molar-refractivity contribution is 14.0. The zero-order valence-corrected chi connectivity index (χ0v) is 17.9. The number of thiazole rings is 1. The van der Waals surface area contributed by atoms with Crippen molar-refractivity contribution in [3.63, 3.8) is 0 Å². The SMILES string of the molecule is CN=C(NCCCc1ccc(O)cc1)NCCc1nc(C(F)(F)F)cs1.I. The molecule has 27 heavy (non-hydrogen) atoms. The van der Waals surface area contributed by atoms with Crippen LogP contribution >= 0.6 is 35.3 Å². The van der Waals surface area contributed by atoms with Crippen LogP contribution in [0, 0.1) is 0 Å². The van der Waals surface area contributed by atoms with Crippen LogP contribution in [0.15, 0.2) is 34.6 Å². The fourth-order valence-electron chi connectivity index (χ4n) is 2.23. The zero-order chi connectivity index (χ0) is 19.0. The number of nitrogens with one attached hydrogen (secondary N) is 2. The van der Waals surface area contributed by atoms with Gasteiger partial charge in [-0.25, -0.2) is 4.98 Å². The van der Waals surface area contributed by atoms with Gasteiger partial charge in [0.1, 0.15) is 5.75 Å². The summed E-state index contributed by atoms with van der Waals surface area (Å²) in [6.07, 6.45) is -2.25. The van der Waals surface area contributed by atoms with E-state index >= 15 is 0 Å². The first-order chi connectivity index (χ1) is 12.4. The van der Waals surface area contributed by atoms with E-state index in [1.165, 1.54) is 0 Å². The normalized spacial score (nSPS) is 11.8. The van der Waals surface area contributed by atoms with Gasteiger partial charge < -0.3 is 15.7 Å². The lowest BCUT2D eigenvalue weighted by molar-refractivity contribution is -0.140. The summed E-state index contributed by atoms with van der Waals surface area (Å²) in [6, 6.07) is 7.08. The molecule has 0 atom stereocenters. The van der Waals surface area contributed by atoms with E-state index in [1.807, 2.05) is 12.1 Å². The minimum absolute atomic E-state index is 0. The molecule has 2 aromatic rings. The van der Waals surface area contributed by atoms with Gasteiger partial charge in [0.25, 0.3) is 0 Å². The highest BCUT2D eigenvalue weighted by Crippen LogP contribution is 2.29. The molecular weight excluding hydrogens is 492 g/mol. The van der Waals surface area contributed by atoms with Crippen LogP contribution in [0.2, 0.25) is 0 Å². The third-order valence-corrected chi connectivity index (χ3v) is 4.48. The molecule has 1 aromatic heterocycles. The monoisotopic (exact) mass is 514 g/mol. The van der Waals surface area contributed by atoms with Crippen molar-refractivity contribution < 1.29 is 18.3 Å². The number of halogens is 4. The molecule has 5 nitrogen and oxygen atoms in total. The van der Waals surface area contributed by atoms with Crippen molar-refractivity contribution in [1.82, 2.24) is 15.6 Å². The topological polar surface area (TPSA) is 69.5 Å². The molecule has 0 amide bonds. The zero-order valence-electron chi connectivity index (χ0n) is 14.7. The van der Waals surface area contributed by atoms with Crippen molar-refractivity contribution >= 4 is 41.3 Å². The smallest absolute Gasteiger partial charge is 0.434 e. The van der Waals surface area contributed by atoms with Gasteiger partial charge in [0.15, 0.2) is 11.7 Å². The third-order valence-electron chi connectivity index (χ3n) is 3.57. The minimum atomic E-state index is -4.39. The standard InChI is InChI=1S/C17H21F3N4OS.HI/c1-21-16(22-9-2-3-12-4-6-13(25)7-5-12)23-10-8-15-24-14(11-26-15)17(18,19)20;/h4-7,11,25H,2-3,8-10H2,1H3,(H2,21,22,23);1H. The second-order valence-corrected chi connectivity index (χ2v) is 6.51. The largest absolute Gasteiger partial charge is 0.508 e. The highest BCUT2D eigenvalue weighted by Gasteiger charge is 2.33. The fraction of sp³-hybridized carbons (Fsp3) is 0.412. The Hall–Kier alpha value is -1.56. The number of nitrogens with zero attached hydrogens (tertiary/aromatic N) is 2. The Morgan fingerprint density at radius 1 is 1.15 bits per heavy atom. The summed E-state index contributed by atoms with van der Waals surface area (Å²) in [5.41, 5.74) is 0.297. The van der Waals surface area contributed by atoms with Crippen molar-refractivity contribution in [2.45, 2.75) is 25.4 Å². The Balaban J connectivity index is 0.00000364. The molecule has 0 aliphatic rings. The van der Waals surface area contributed by atoms with E-state index in [2.05, 4.69) is 20.6 Å². The number of rotatable bonds is 7. The van der Waals surface area contributed by atoms with Crippen molar-refractivity contribution in [2.75, 3.05) is 20.1 Å². The first-order valence-corrected chi connectivity index (χ1v) is 9.00. The molecule has 0 saturated heterocycles. The maximum atomic E-state index is 12.5. The summed E-state index contributed by atoms with van der Waals surface area (Å²) < 4.78 is 37.5. The molecule has 0 aliphatic carbocycles. The number of hydrogen-bond acceptors (Lipinski definition) is 4. The molecule has 1 aromatic carbocycles. The summed E-state index contributed by atoms with van der Waals surface area (Å²) in [6.45, 7) is 1.15. The summed E-state index contributed by atoms with van der Waals surface area (Å²) in [5, 5.41) is 16.9. The molecule has 0 spiro atoms. The number of guanidine groups is 1. The van der Waals surface area contributed by atoms with Crippen LogP contribution < -0.4 is 10.6 Å². The van der Waals surface area contributed by atoms with Crippen LogP contribution in [0.1, 0.15) is 22.7 Å². The van der Waals surface area contributed by atoms with E-state index in [0.717, 1.165) is 35.1 Å². The number of aromatic hydroxyl groups is 1. The number of phenolic OH excluding ortho intramolecular Hbond substituents is 1. The number of benzene rings is 1. The lowest BCUT2D eigenvalue weighted by Gasteiger charge is -2.11. The molecule has 150 valence electrons. The molecule has 0 bridgehead atoms. The van der Waals surface area contributed by atoms with E-state index in [-0.39, 0.29) is 29.7 Å². The first-order valence-electron chi connectivity index (χ1n) is 8.12. The molecule has 10 heteroatoms. The van der Waals surface area contributed by atoms with Gasteiger partial charge in [-0.05, 0) is 30.5 Å². The van der Waals surface area contributed by atoms with Gasteiger partial charge in [-0.2, -0.15) is 13.2 Å². The Morgan fingerprint density at radius 2 is 1.81 bits per heavy atom. The second kappa shape index (κ2) is 11.3. The van der Waals surface area contributed by atoms with Gasteiger partial charge in [-0.15, -0.1) is 35.3 Å². The Bertz CT molecular complexity index is 720. The van der Waals surface area contributed by atoms with Gasteiger partial charge in [-0.1, -0.05) is 12.1 Å². The fourth-order valence-corrected chi connectivity index (χ4v) is 3.03. The van der Waals surface area contributed by atoms with E-state index in [1.54, 1.807) is 19.2 Å². The van der Waals surface area contributed by atoms with Crippen LogP contribution in [-0.2, 0) is 19.0 Å².